The van der Waals surface area contributed by atoms with Crippen molar-refractivity contribution in [3.63, 3.8) is 0 Å². The summed E-state index contributed by atoms with van der Waals surface area (Å²) in [7, 11) is 3.35. The molecule has 0 unspecified atom stereocenters. The number of benzene rings is 1. The lowest BCUT2D eigenvalue weighted by Crippen LogP contribution is -2.43. The third kappa shape index (κ3) is 4.66. The first-order valence-corrected chi connectivity index (χ1v) is 9.43. The van der Waals surface area contributed by atoms with Crippen LogP contribution in [-0.2, 0) is 11.3 Å². The first-order chi connectivity index (χ1) is 12.2. The minimum Gasteiger partial charge on any atom is -0.497 e. The average Bonchev–Trinajstić information content (AvgIpc) is 3.15. The van der Waals surface area contributed by atoms with Gasteiger partial charge in [0.15, 0.2) is 0 Å². The summed E-state index contributed by atoms with van der Waals surface area (Å²) in [5, 5.41) is 3.25. The molecule has 1 aliphatic carbocycles. The topological polar surface area (TPSA) is 50.8 Å². The number of ether oxygens (including phenoxy) is 2. The average molecular weight is 346 g/mol. The zero-order chi connectivity index (χ0) is 17.6. The third-order valence-corrected chi connectivity index (χ3v) is 5.55. The third-order valence-electron chi connectivity index (χ3n) is 5.55. The van der Waals surface area contributed by atoms with Crippen LogP contribution < -0.4 is 14.8 Å². The Bertz CT molecular complexity index is 576. The van der Waals surface area contributed by atoms with E-state index in [1.165, 1.54) is 12.8 Å². The van der Waals surface area contributed by atoms with Crippen LogP contribution in [0, 0.1) is 5.92 Å². The Kier molecular flexibility index (Phi) is 6.19. The Morgan fingerprint density at radius 3 is 2.48 bits per heavy atom. The van der Waals surface area contributed by atoms with Crippen molar-refractivity contribution in [3.8, 4) is 11.5 Å². The highest BCUT2D eigenvalue weighted by atomic mass is 16.5. The molecule has 3 rings (SSSR count). The minimum atomic E-state index is 0.176. The fourth-order valence-electron chi connectivity index (χ4n) is 3.97. The van der Waals surface area contributed by atoms with Crippen LogP contribution in [0.15, 0.2) is 18.2 Å². The predicted octanol–water partition coefficient (Wildman–Crippen LogP) is 2.97. The molecule has 0 bridgehead atoms. The van der Waals surface area contributed by atoms with Gasteiger partial charge in [0.2, 0.25) is 5.91 Å². The maximum absolute atomic E-state index is 12.4. The molecule has 1 aromatic rings. The second-order valence-electron chi connectivity index (χ2n) is 7.22. The first kappa shape index (κ1) is 18.1. The van der Waals surface area contributed by atoms with Gasteiger partial charge >= 0.3 is 0 Å². The smallest absolute Gasteiger partial charge is 0.223 e. The molecule has 0 spiro atoms. The minimum absolute atomic E-state index is 0.176. The van der Waals surface area contributed by atoms with Crippen LogP contribution in [0.2, 0.25) is 0 Å². The normalized spacial score (nSPS) is 19.8. The van der Waals surface area contributed by atoms with E-state index in [1.807, 2.05) is 12.1 Å². The van der Waals surface area contributed by atoms with E-state index < -0.39 is 0 Å². The molecule has 5 nitrogen and oxygen atoms in total. The molecule has 1 saturated carbocycles. The van der Waals surface area contributed by atoms with Crippen molar-refractivity contribution in [1.82, 2.24) is 10.2 Å². The molecular weight excluding hydrogens is 316 g/mol. The fraction of sp³-hybridized carbons (Fsp3) is 0.650. The van der Waals surface area contributed by atoms with E-state index in [4.69, 9.17) is 9.47 Å². The number of hydrogen-bond acceptors (Lipinski definition) is 4. The van der Waals surface area contributed by atoms with Gasteiger partial charge in [-0.15, -0.1) is 0 Å². The van der Waals surface area contributed by atoms with Crippen LogP contribution in [0.1, 0.15) is 44.1 Å². The van der Waals surface area contributed by atoms with E-state index >= 15 is 0 Å². The standard InChI is InChI=1S/C20H30N2O3/c1-24-18-8-7-16(19(13-18)25-2)14-22-11-9-15(10-12-22)20(23)21-17-5-3-4-6-17/h7-8,13,15,17H,3-6,9-12,14H2,1-2H3,(H,21,23). The molecule has 25 heavy (non-hydrogen) atoms. The second-order valence-corrected chi connectivity index (χ2v) is 7.22. The van der Waals surface area contributed by atoms with Crippen LogP contribution in [0.3, 0.4) is 0 Å². The summed E-state index contributed by atoms with van der Waals surface area (Å²) in [6.45, 7) is 2.76. The lowest BCUT2D eigenvalue weighted by molar-refractivity contribution is -0.127. The number of amides is 1. The summed E-state index contributed by atoms with van der Waals surface area (Å²) in [4.78, 5) is 14.8. The van der Waals surface area contributed by atoms with Gasteiger partial charge in [-0.3, -0.25) is 9.69 Å². The quantitative estimate of drug-likeness (QED) is 0.860. The SMILES string of the molecule is COc1ccc(CN2CCC(C(=O)NC3CCCC3)CC2)c(OC)c1. The maximum atomic E-state index is 12.4. The van der Waals surface area contributed by atoms with Crippen molar-refractivity contribution in [3.05, 3.63) is 23.8 Å². The molecule has 0 radical (unpaired) electrons. The van der Waals surface area contributed by atoms with Gasteiger partial charge < -0.3 is 14.8 Å². The number of likely N-dealkylation sites (tertiary alicyclic amines) is 1. The number of nitrogens with one attached hydrogen (secondary N) is 1. The van der Waals surface area contributed by atoms with Gasteiger partial charge in [0.05, 0.1) is 14.2 Å². The Morgan fingerprint density at radius 2 is 1.84 bits per heavy atom. The van der Waals surface area contributed by atoms with Gasteiger partial charge in [-0.25, -0.2) is 0 Å². The monoisotopic (exact) mass is 346 g/mol. The zero-order valence-electron chi connectivity index (χ0n) is 15.4. The van der Waals surface area contributed by atoms with Gasteiger partial charge in [0.25, 0.3) is 0 Å². The number of carbonyl (C=O) groups is 1. The Morgan fingerprint density at radius 1 is 1.12 bits per heavy atom. The summed E-state index contributed by atoms with van der Waals surface area (Å²) in [5.74, 6) is 2.12. The van der Waals surface area contributed by atoms with Crippen LogP contribution in [0.4, 0.5) is 0 Å². The molecule has 5 heteroatoms. The van der Waals surface area contributed by atoms with E-state index in [0.717, 1.165) is 62.4 Å². The molecule has 1 heterocycles. The molecule has 2 fully saturated rings. The Hall–Kier alpha value is -1.75. The first-order valence-electron chi connectivity index (χ1n) is 9.43. The summed E-state index contributed by atoms with van der Waals surface area (Å²) < 4.78 is 10.8. The highest BCUT2D eigenvalue weighted by Crippen LogP contribution is 2.28. The Balaban J connectivity index is 1.50. The van der Waals surface area contributed by atoms with Crippen molar-refractivity contribution in [2.45, 2.75) is 51.1 Å². The molecular formula is C20H30N2O3. The van der Waals surface area contributed by atoms with Crippen LogP contribution in [0.5, 0.6) is 11.5 Å². The number of carbonyl (C=O) groups excluding carboxylic acids is 1. The highest BCUT2D eigenvalue weighted by molar-refractivity contribution is 5.79. The van der Waals surface area contributed by atoms with E-state index in [2.05, 4.69) is 16.3 Å². The van der Waals surface area contributed by atoms with E-state index in [9.17, 15) is 4.79 Å². The summed E-state index contributed by atoms with van der Waals surface area (Å²) in [6, 6.07) is 6.39. The van der Waals surface area contributed by atoms with E-state index in [-0.39, 0.29) is 11.8 Å². The number of hydrogen-bond donors (Lipinski definition) is 1. The van der Waals surface area contributed by atoms with Crippen molar-refractivity contribution in [2.24, 2.45) is 5.92 Å². The van der Waals surface area contributed by atoms with Crippen LogP contribution in [0.25, 0.3) is 0 Å². The lowest BCUT2D eigenvalue weighted by Gasteiger charge is -2.32. The lowest BCUT2D eigenvalue weighted by atomic mass is 9.95. The van der Waals surface area contributed by atoms with E-state index in [0.29, 0.717) is 6.04 Å². The summed E-state index contributed by atoms with van der Waals surface area (Å²) >= 11 is 0. The molecule has 1 amide bonds. The van der Waals surface area contributed by atoms with Gasteiger partial charge in [-0.05, 0) is 44.8 Å². The molecule has 138 valence electrons. The van der Waals surface area contributed by atoms with Crippen molar-refractivity contribution >= 4 is 5.91 Å². The van der Waals surface area contributed by atoms with Crippen LogP contribution in [-0.4, -0.2) is 44.2 Å². The summed E-state index contributed by atoms with van der Waals surface area (Å²) in [5.41, 5.74) is 1.16. The molecule has 2 aliphatic rings. The Labute approximate surface area is 150 Å². The van der Waals surface area contributed by atoms with Gasteiger partial charge in [0.1, 0.15) is 11.5 Å². The van der Waals surface area contributed by atoms with Crippen molar-refractivity contribution < 1.29 is 14.3 Å². The van der Waals surface area contributed by atoms with Crippen molar-refractivity contribution in [1.29, 1.82) is 0 Å². The van der Waals surface area contributed by atoms with E-state index in [1.54, 1.807) is 14.2 Å². The fourth-order valence-corrected chi connectivity index (χ4v) is 3.97. The van der Waals surface area contributed by atoms with Gasteiger partial charge in [-0.1, -0.05) is 18.9 Å². The predicted molar refractivity (Wildman–Crippen MR) is 97.9 cm³/mol. The molecule has 1 aliphatic heterocycles. The molecule has 1 N–H and O–H groups in total. The molecule has 1 saturated heterocycles. The number of nitrogens with zero attached hydrogens (tertiary/aromatic N) is 1. The maximum Gasteiger partial charge on any atom is 0.223 e. The van der Waals surface area contributed by atoms with Gasteiger partial charge in [0, 0.05) is 30.1 Å². The molecule has 1 aromatic carbocycles. The van der Waals surface area contributed by atoms with Crippen LogP contribution >= 0.6 is 0 Å². The molecule has 0 aromatic heterocycles. The number of piperidine rings is 1. The van der Waals surface area contributed by atoms with Crippen molar-refractivity contribution in [2.75, 3.05) is 27.3 Å². The highest BCUT2D eigenvalue weighted by Gasteiger charge is 2.27. The largest absolute Gasteiger partial charge is 0.497 e. The molecule has 0 atom stereocenters. The zero-order valence-corrected chi connectivity index (χ0v) is 15.4. The summed E-state index contributed by atoms with van der Waals surface area (Å²) in [6.07, 6.45) is 6.71. The number of methoxy groups -OCH3 is 2. The van der Waals surface area contributed by atoms with Gasteiger partial charge in [-0.2, -0.15) is 0 Å². The number of rotatable bonds is 6. The second kappa shape index (κ2) is 8.56.